The molecule has 0 amide bonds. The minimum atomic E-state index is -0.836. The number of rotatable bonds is 1. The summed E-state index contributed by atoms with van der Waals surface area (Å²) in [6.45, 7) is 0.693. The third-order valence-corrected chi connectivity index (χ3v) is 1.16. The van der Waals surface area contributed by atoms with Gasteiger partial charge in [0.2, 0.25) is 0 Å². The van der Waals surface area contributed by atoms with Crippen molar-refractivity contribution in [2.45, 2.75) is 18.8 Å². The molecule has 0 aromatic rings. The van der Waals surface area contributed by atoms with E-state index in [9.17, 15) is 0 Å². The largest absolute Gasteiger partial charge is 0.376 e. The van der Waals surface area contributed by atoms with Crippen molar-refractivity contribution in [1.29, 1.82) is 0 Å². The highest BCUT2D eigenvalue weighted by Crippen LogP contribution is 2.11. The second-order valence-electron chi connectivity index (χ2n) is 1.85. The van der Waals surface area contributed by atoms with Crippen LogP contribution in [0.15, 0.2) is 0 Å². The Balaban J connectivity index is 2.24. The van der Waals surface area contributed by atoms with E-state index >= 15 is 0 Å². The van der Waals surface area contributed by atoms with Gasteiger partial charge in [0, 0.05) is 6.61 Å². The lowest BCUT2D eigenvalue weighted by molar-refractivity contribution is 0.0147. The molecule has 1 aliphatic rings. The summed E-state index contributed by atoms with van der Waals surface area (Å²) >= 11 is 0. The maximum Gasteiger partial charge on any atom is 0.129 e. The van der Waals surface area contributed by atoms with E-state index in [1.54, 1.807) is 0 Å². The maximum absolute atomic E-state index is 8.67. The van der Waals surface area contributed by atoms with Gasteiger partial charge < -0.3 is 15.6 Å². The molecule has 0 saturated carbocycles. The third-order valence-electron chi connectivity index (χ3n) is 1.16. The van der Waals surface area contributed by atoms with Crippen LogP contribution in [0.4, 0.5) is 0 Å². The lowest BCUT2D eigenvalue weighted by atomic mass is 10.2. The van der Waals surface area contributed by atoms with Gasteiger partial charge in [0.25, 0.3) is 0 Å². The van der Waals surface area contributed by atoms with Crippen LogP contribution in [-0.2, 0) is 4.74 Å². The standard InChI is InChI=1S/C5H10NO2/c6-5(7)4-2-1-3-8-4/h2,4-5,7H,1,3,6H2/t4-,5?/m0/s1. The molecule has 2 atom stereocenters. The highest BCUT2D eigenvalue weighted by molar-refractivity contribution is 4.85. The average Bonchev–Trinajstić information content (AvgIpc) is 2.12. The van der Waals surface area contributed by atoms with E-state index in [1.807, 2.05) is 6.42 Å². The zero-order valence-corrected chi connectivity index (χ0v) is 4.58. The summed E-state index contributed by atoms with van der Waals surface area (Å²) in [4.78, 5) is 0. The van der Waals surface area contributed by atoms with Gasteiger partial charge in [-0.2, -0.15) is 0 Å². The number of nitrogens with two attached hydrogens (primary N) is 1. The summed E-state index contributed by atoms with van der Waals surface area (Å²) in [6.07, 6.45) is 1.72. The predicted molar refractivity (Wildman–Crippen MR) is 28.9 cm³/mol. The molecular weight excluding hydrogens is 106 g/mol. The average molecular weight is 116 g/mol. The van der Waals surface area contributed by atoms with E-state index in [2.05, 4.69) is 0 Å². The second kappa shape index (κ2) is 2.44. The number of aliphatic hydroxyl groups excluding tert-OH is 1. The van der Waals surface area contributed by atoms with Crippen LogP contribution < -0.4 is 5.73 Å². The molecule has 8 heavy (non-hydrogen) atoms. The fourth-order valence-corrected chi connectivity index (χ4v) is 0.742. The molecule has 1 aliphatic heterocycles. The van der Waals surface area contributed by atoms with E-state index in [0.29, 0.717) is 6.61 Å². The third kappa shape index (κ3) is 1.18. The first-order valence-electron chi connectivity index (χ1n) is 2.69. The van der Waals surface area contributed by atoms with Crippen LogP contribution in [-0.4, -0.2) is 24.0 Å². The van der Waals surface area contributed by atoms with Gasteiger partial charge in [-0.15, -0.1) is 0 Å². The van der Waals surface area contributed by atoms with E-state index in [0.717, 1.165) is 6.42 Å². The van der Waals surface area contributed by atoms with Crippen LogP contribution in [0.25, 0.3) is 0 Å². The Kier molecular flexibility index (Phi) is 1.83. The van der Waals surface area contributed by atoms with E-state index < -0.39 is 6.23 Å². The lowest BCUT2D eigenvalue weighted by Gasteiger charge is -2.10. The summed E-state index contributed by atoms with van der Waals surface area (Å²) in [7, 11) is 0. The van der Waals surface area contributed by atoms with Crippen molar-refractivity contribution < 1.29 is 9.84 Å². The van der Waals surface area contributed by atoms with Crippen LogP contribution in [0, 0.1) is 6.42 Å². The molecule has 0 spiro atoms. The Hall–Kier alpha value is -0.120. The van der Waals surface area contributed by atoms with E-state index in [1.165, 1.54) is 0 Å². The van der Waals surface area contributed by atoms with Gasteiger partial charge >= 0.3 is 0 Å². The van der Waals surface area contributed by atoms with Gasteiger partial charge in [0.1, 0.15) is 6.23 Å². The minimum absolute atomic E-state index is 0.227. The molecular formula is C5H10NO2. The van der Waals surface area contributed by atoms with Gasteiger partial charge in [-0.05, 0) is 12.8 Å². The number of aliphatic hydroxyl groups is 1. The van der Waals surface area contributed by atoms with E-state index in [4.69, 9.17) is 15.6 Å². The molecule has 1 rings (SSSR count). The molecule has 0 aromatic carbocycles. The lowest BCUT2D eigenvalue weighted by Crippen LogP contribution is -2.33. The first-order valence-corrected chi connectivity index (χ1v) is 2.69. The van der Waals surface area contributed by atoms with Gasteiger partial charge in [0.05, 0.1) is 6.10 Å². The molecule has 3 N–H and O–H groups in total. The van der Waals surface area contributed by atoms with Gasteiger partial charge in [0.15, 0.2) is 0 Å². The van der Waals surface area contributed by atoms with Crippen molar-refractivity contribution in [3.8, 4) is 0 Å². The van der Waals surface area contributed by atoms with Gasteiger partial charge in [-0.25, -0.2) is 0 Å². The normalized spacial score (nSPS) is 33.0. The maximum atomic E-state index is 8.67. The molecule has 47 valence electrons. The Morgan fingerprint density at radius 2 is 2.62 bits per heavy atom. The van der Waals surface area contributed by atoms with Crippen LogP contribution in [0.3, 0.4) is 0 Å². The molecule has 0 bridgehead atoms. The molecule has 0 aliphatic carbocycles. The zero-order chi connectivity index (χ0) is 5.98. The predicted octanol–water partition coefficient (Wildman–Crippen LogP) is -0.743. The Morgan fingerprint density at radius 3 is 2.88 bits per heavy atom. The van der Waals surface area contributed by atoms with Crippen molar-refractivity contribution in [3.63, 3.8) is 0 Å². The number of ether oxygens (including phenoxy) is 1. The summed E-state index contributed by atoms with van der Waals surface area (Å²) < 4.78 is 4.98. The topological polar surface area (TPSA) is 55.5 Å². The molecule has 1 saturated heterocycles. The van der Waals surface area contributed by atoms with Crippen LogP contribution >= 0.6 is 0 Å². The molecule has 1 unspecified atom stereocenters. The Bertz CT molecular complexity index is 68.8. The second-order valence-corrected chi connectivity index (χ2v) is 1.85. The van der Waals surface area contributed by atoms with Gasteiger partial charge in [-0.3, -0.25) is 0 Å². The quantitative estimate of drug-likeness (QED) is 0.443. The van der Waals surface area contributed by atoms with Gasteiger partial charge in [-0.1, -0.05) is 0 Å². The van der Waals surface area contributed by atoms with Crippen LogP contribution in [0.2, 0.25) is 0 Å². The first-order chi connectivity index (χ1) is 3.80. The fraction of sp³-hybridized carbons (Fsp3) is 0.800. The summed E-state index contributed by atoms with van der Waals surface area (Å²) in [5, 5.41) is 8.67. The van der Waals surface area contributed by atoms with Crippen molar-refractivity contribution in [2.24, 2.45) is 5.73 Å². The summed E-state index contributed by atoms with van der Waals surface area (Å²) in [5.74, 6) is 0. The van der Waals surface area contributed by atoms with Crippen molar-refractivity contribution in [3.05, 3.63) is 6.42 Å². The Morgan fingerprint density at radius 1 is 1.88 bits per heavy atom. The molecule has 0 aromatic heterocycles. The molecule has 3 heteroatoms. The molecule has 1 fully saturated rings. The zero-order valence-electron chi connectivity index (χ0n) is 4.58. The SMILES string of the molecule is NC(O)[C@@H]1[CH]CCO1. The highest BCUT2D eigenvalue weighted by atomic mass is 16.5. The van der Waals surface area contributed by atoms with Crippen molar-refractivity contribution in [1.82, 2.24) is 0 Å². The fourth-order valence-electron chi connectivity index (χ4n) is 0.742. The molecule has 1 radical (unpaired) electrons. The summed E-state index contributed by atoms with van der Waals surface area (Å²) in [6, 6.07) is 0. The van der Waals surface area contributed by atoms with Crippen molar-refractivity contribution in [2.75, 3.05) is 6.61 Å². The Labute approximate surface area is 48.4 Å². The first kappa shape index (κ1) is 6.01. The number of hydrogen-bond acceptors (Lipinski definition) is 3. The van der Waals surface area contributed by atoms with Crippen LogP contribution in [0.1, 0.15) is 6.42 Å². The minimum Gasteiger partial charge on any atom is -0.376 e. The van der Waals surface area contributed by atoms with Crippen LogP contribution in [0.5, 0.6) is 0 Å². The highest BCUT2D eigenvalue weighted by Gasteiger charge is 2.20. The molecule has 3 nitrogen and oxygen atoms in total. The summed E-state index contributed by atoms with van der Waals surface area (Å²) in [5.41, 5.74) is 5.10. The smallest absolute Gasteiger partial charge is 0.129 e. The number of hydrogen-bond donors (Lipinski definition) is 2. The van der Waals surface area contributed by atoms with E-state index in [-0.39, 0.29) is 6.10 Å². The monoisotopic (exact) mass is 116 g/mol. The molecule has 1 heterocycles. The van der Waals surface area contributed by atoms with Crippen molar-refractivity contribution >= 4 is 0 Å².